The minimum Gasteiger partial charge on any atom is -0.298 e. The van der Waals surface area contributed by atoms with Gasteiger partial charge in [0.15, 0.2) is 5.78 Å². The summed E-state index contributed by atoms with van der Waals surface area (Å²) in [4.78, 5) is 11.1. The number of Topliss-reactive ketones (excluding diaryl/α,β-unsaturated/α-hetero) is 1. The van der Waals surface area contributed by atoms with Gasteiger partial charge in [-0.05, 0) is 6.42 Å². The molecule has 66 valence electrons. The summed E-state index contributed by atoms with van der Waals surface area (Å²) in [6.45, 7) is 2.31. The Morgan fingerprint density at radius 1 is 1.75 bits per heavy atom. The van der Waals surface area contributed by atoms with Gasteiger partial charge in [-0.25, -0.2) is 0 Å². The Balaban J connectivity index is 2.46. The molecule has 12 heavy (non-hydrogen) atoms. The van der Waals surface area contributed by atoms with Crippen molar-refractivity contribution in [3.05, 3.63) is 17.4 Å². The molecule has 0 saturated carbocycles. The van der Waals surface area contributed by atoms with Crippen LogP contribution in [0.4, 0.5) is 0 Å². The van der Waals surface area contributed by atoms with Crippen molar-refractivity contribution in [3.8, 4) is 0 Å². The molecule has 0 atom stereocenters. The number of aromatic nitrogens is 2. The highest BCUT2D eigenvalue weighted by molar-refractivity contribution is 6.30. The zero-order valence-corrected chi connectivity index (χ0v) is 7.71. The Hall–Kier alpha value is -0.830. The first-order chi connectivity index (χ1) is 5.72. The Labute approximate surface area is 76.3 Å². The lowest BCUT2D eigenvalue weighted by atomic mass is 10.2. The maximum Gasteiger partial charge on any atom is 0.154 e. The van der Waals surface area contributed by atoms with Crippen molar-refractivity contribution in [3.63, 3.8) is 0 Å². The van der Waals surface area contributed by atoms with Gasteiger partial charge in [-0.15, -0.1) is 0 Å². The predicted octanol–water partition coefficient (Wildman–Crippen LogP) is 1.91. The van der Waals surface area contributed by atoms with Crippen LogP contribution in [0.1, 0.15) is 19.8 Å². The van der Waals surface area contributed by atoms with Crippen molar-refractivity contribution in [2.75, 3.05) is 0 Å². The van der Waals surface area contributed by atoms with Crippen LogP contribution in [-0.4, -0.2) is 15.6 Å². The van der Waals surface area contributed by atoms with Gasteiger partial charge >= 0.3 is 0 Å². The van der Waals surface area contributed by atoms with Crippen LogP contribution in [0, 0.1) is 0 Å². The molecule has 0 saturated heterocycles. The van der Waals surface area contributed by atoms with E-state index in [4.69, 9.17) is 11.6 Å². The lowest BCUT2D eigenvalue weighted by molar-refractivity contribution is -0.119. The molecule has 4 heteroatoms. The van der Waals surface area contributed by atoms with Crippen molar-refractivity contribution in [2.45, 2.75) is 26.3 Å². The fourth-order valence-electron chi connectivity index (χ4n) is 0.963. The fourth-order valence-corrected chi connectivity index (χ4v) is 1.12. The van der Waals surface area contributed by atoms with E-state index in [9.17, 15) is 4.79 Å². The van der Waals surface area contributed by atoms with Gasteiger partial charge in [-0.2, -0.15) is 5.10 Å². The Morgan fingerprint density at radius 2 is 2.50 bits per heavy atom. The van der Waals surface area contributed by atoms with Crippen LogP contribution >= 0.6 is 11.6 Å². The number of hydrogen-bond donors (Lipinski definition) is 0. The summed E-state index contributed by atoms with van der Waals surface area (Å²) in [6, 6.07) is 0. The number of rotatable bonds is 4. The average Bonchev–Trinajstić information content (AvgIpc) is 2.36. The monoisotopic (exact) mass is 186 g/mol. The smallest absolute Gasteiger partial charge is 0.154 e. The topological polar surface area (TPSA) is 34.9 Å². The summed E-state index contributed by atoms with van der Waals surface area (Å²) in [5.74, 6) is 0.192. The Bertz CT molecular complexity index is 270. The van der Waals surface area contributed by atoms with Crippen LogP contribution < -0.4 is 0 Å². The van der Waals surface area contributed by atoms with Gasteiger partial charge in [0.05, 0.1) is 17.8 Å². The molecule has 0 aliphatic heterocycles. The zero-order valence-electron chi connectivity index (χ0n) is 6.96. The van der Waals surface area contributed by atoms with Crippen molar-refractivity contribution in [1.82, 2.24) is 9.78 Å². The zero-order chi connectivity index (χ0) is 8.97. The Morgan fingerprint density at radius 3 is 3.00 bits per heavy atom. The summed E-state index contributed by atoms with van der Waals surface area (Å²) in [5.41, 5.74) is 0. The molecule has 0 aliphatic carbocycles. The Kier molecular flexibility index (Phi) is 3.29. The normalized spacial score (nSPS) is 10.2. The highest BCUT2D eigenvalue weighted by Crippen LogP contribution is 2.04. The lowest BCUT2D eigenvalue weighted by Gasteiger charge is -1.97. The van der Waals surface area contributed by atoms with E-state index in [2.05, 4.69) is 5.10 Å². The number of ketones is 1. The third kappa shape index (κ3) is 2.66. The molecule has 0 radical (unpaired) electrons. The second kappa shape index (κ2) is 4.26. The number of carbonyl (C=O) groups excluding carboxylic acids is 1. The van der Waals surface area contributed by atoms with Crippen molar-refractivity contribution in [1.29, 1.82) is 0 Å². The van der Waals surface area contributed by atoms with E-state index in [1.807, 2.05) is 6.92 Å². The minimum atomic E-state index is 0.192. The molecular formula is C8H11ClN2O. The van der Waals surface area contributed by atoms with E-state index in [0.717, 1.165) is 6.42 Å². The highest BCUT2D eigenvalue weighted by Gasteiger charge is 2.02. The SMILES string of the molecule is CCCC(=O)Cn1cc(Cl)cn1. The fraction of sp³-hybridized carbons (Fsp3) is 0.500. The molecule has 1 heterocycles. The molecule has 0 aromatic carbocycles. The van der Waals surface area contributed by atoms with Crippen LogP contribution in [-0.2, 0) is 11.3 Å². The average molecular weight is 187 g/mol. The van der Waals surface area contributed by atoms with Gasteiger partial charge in [0.25, 0.3) is 0 Å². The van der Waals surface area contributed by atoms with Gasteiger partial charge in [0.1, 0.15) is 0 Å². The van der Waals surface area contributed by atoms with Crippen molar-refractivity contribution >= 4 is 17.4 Å². The molecule has 0 unspecified atom stereocenters. The first kappa shape index (κ1) is 9.26. The van der Waals surface area contributed by atoms with Gasteiger partial charge in [0, 0.05) is 12.6 Å². The molecule has 0 bridgehead atoms. The van der Waals surface area contributed by atoms with Gasteiger partial charge in [0.2, 0.25) is 0 Å². The highest BCUT2D eigenvalue weighted by atomic mass is 35.5. The summed E-state index contributed by atoms with van der Waals surface area (Å²) in [7, 11) is 0. The number of nitrogens with zero attached hydrogens (tertiary/aromatic N) is 2. The quantitative estimate of drug-likeness (QED) is 0.720. The maximum atomic E-state index is 11.1. The first-order valence-corrected chi connectivity index (χ1v) is 4.30. The summed E-state index contributed by atoms with van der Waals surface area (Å²) >= 11 is 5.63. The van der Waals surface area contributed by atoms with Gasteiger partial charge in [-0.3, -0.25) is 9.48 Å². The second-order valence-electron chi connectivity index (χ2n) is 2.64. The van der Waals surface area contributed by atoms with E-state index >= 15 is 0 Å². The van der Waals surface area contributed by atoms with Crippen LogP contribution in [0.15, 0.2) is 12.4 Å². The molecule has 3 nitrogen and oxygen atoms in total. The molecule has 0 spiro atoms. The summed E-state index contributed by atoms with van der Waals surface area (Å²) in [6.07, 6.45) is 4.67. The van der Waals surface area contributed by atoms with Gasteiger partial charge in [-0.1, -0.05) is 18.5 Å². The number of hydrogen-bond acceptors (Lipinski definition) is 2. The van der Waals surface area contributed by atoms with Crippen LogP contribution in [0.2, 0.25) is 5.02 Å². The standard InChI is InChI=1S/C8H11ClN2O/c1-2-3-8(12)6-11-5-7(9)4-10-11/h4-5H,2-3,6H2,1H3. The maximum absolute atomic E-state index is 11.1. The minimum absolute atomic E-state index is 0.192. The van der Waals surface area contributed by atoms with Crippen molar-refractivity contribution < 1.29 is 4.79 Å². The van der Waals surface area contributed by atoms with E-state index in [-0.39, 0.29) is 5.78 Å². The third-order valence-electron chi connectivity index (χ3n) is 1.47. The van der Waals surface area contributed by atoms with Crippen LogP contribution in [0.5, 0.6) is 0 Å². The molecule has 0 N–H and O–H groups in total. The number of halogens is 1. The second-order valence-corrected chi connectivity index (χ2v) is 3.08. The first-order valence-electron chi connectivity index (χ1n) is 3.92. The molecule has 1 aromatic heterocycles. The van der Waals surface area contributed by atoms with E-state index < -0.39 is 0 Å². The largest absolute Gasteiger partial charge is 0.298 e. The van der Waals surface area contributed by atoms with Crippen LogP contribution in [0.25, 0.3) is 0 Å². The van der Waals surface area contributed by atoms with Crippen LogP contribution in [0.3, 0.4) is 0 Å². The van der Waals surface area contributed by atoms with Crippen molar-refractivity contribution in [2.24, 2.45) is 0 Å². The summed E-state index contributed by atoms with van der Waals surface area (Å²) in [5, 5.41) is 4.47. The molecule has 1 rings (SSSR count). The number of carbonyl (C=O) groups is 1. The third-order valence-corrected chi connectivity index (χ3v) is 1.66. The van der Waals surface area contributed by atoms with E-state index in [1.165, 1.54) is 6.20 Å². The van der Waals surface area contributed by atoms with E-state index in [0.29, 0.717) is 18.0 Å². The molecule has 0 aliphatic rings. The summed E-state index contributed by atoms with van der Waals surface area (Å²) < 4.78 is 1.56. The predicted molar refractivity (Wildman–Crippen MR) is 47.2 cm³/mol. The lowest BCUT2D eigenvalue weighted by Crippen LogP contribution is -2.09. The molecule has 0 amide bonds. The molecular weight excluding hydrogens is 176 g/mol. The van der Waals surface area contributed by atoms with Gasteiger partial charge < -0.3 is 0 Å². The molecule has 0 fully saturated rings. The van der Waals surface area contributed by atoms with E-state index in [1.54, 1.807) is 10.9 Å². The molecule has 1 aromatic rings.